The highest BCUT2D eigenvalue weighted by atomic mass is 35.5. The lowest BCUT2D eigenvalue weighted by Gasteiger charge is -2.20. The zero-order chi connectivity index (χ0) is 22.1. The molecule has 0 spiro atoms. The van der Waals surface area contributed by atoms with Crippen molar-refractivity contribution in [1.82, 2.24) is 4.90 Å². The van der Waals surface area contributed by atoms with E-state index in [9.17, 15) is 22.8 Å². The first-order valence-electron chi connectivity index (χ1n) is 9.28. The maximum atomic E-state index is 13.8. The Morgan fingerprint density at radius 1 is 1.13 bits per heavy atom. The second-order valence-electron chi connectivity index (χ2n) is 7.00. The Hall–Kier alpha value is -2.74. The van der Waals surface area contributed by atoms with E-state index in [1.807, 2.05) is 0 Å². The Labute approximate surface area is 176 Å². The predicted octanol–water partition coefficient (Wildman–Crippen LogP) is 5.11. The first kappa shape index (κ1) is 22.0. The number of carboxylic acids is 1. The molecule has 0 aromatic heterocycles. The fourth-order valence-electron chi connectivity index (χ4n) is 3.29. The number of halogens is 4. The van der Waals surface area contributed by atoms with Crippen LogP contribution in [0.4, 0.5) is 13.2 Å². The van der Waals surface area contributed by atoms with Gasteiger partial charge in [-0.2, -0.15) is 13.2 Å². The van der Waals surface area contributed by atoms with E-state index in [0.29, 0.717) is 13.1 Å². The molecular weight excluding hydrogens is 423 g/mol. The number of alkyl halides is 3. The number of likely N-dealkylation sites (tertiary alicyclic amines) is 1. The molecular formula is C21H19ClF3NO4. The van der Waals surface area contributed by atoms with E-state index in [-0.39, 0.29) is 21.9 Å². The van der Waals surface area contributed by atoms with E-state index in [1.165, 1.54) is 36.1 Å². The quantitative estimate of drug-likeness (QED) is 0.700. The maximum absolute atomic E-state index is 13.8. The van der Waals surface area contributed by atoms with Crippen LogP contribution in [-0.2, 0) is 11.0 Å². The average molecular weight is 442 g/mol. The number of aliphatic carboxylic acids is 1. The number of carbonyl (C=O) groups excluding carboxylic acids is 1. The number of hydrogen-bond donors (Lipinski definition) is 1. The van der Waals surface area contributed by atoms with Crippen LogP contribution in [0.3, 0.4) is 0 Å². The van der Waals surface area contributed by atoms with E-state index >= 15 is 0 Å². The van der Waals surface area contributed by atoms with Gasteiger partial charge in [-0.25, -0.2) is 4.79 Å². The summed E-state index contributed by atoms with van der Waals surface area (Å²) in [5.41, 5.74) is -1.18. The minimum absolute atomic E-state index is 0.0704. The molecule has 0 saturated carbocycles. The Morgan fingerprint density at radius 3 is 2.40 bits per heavy atom. The summed E-state index contributed by atoms with van der Waals surface area (Å²) in [4.78, 5) is 25.1. The van der Waals surface area contributed by atoms with Gasteiger partial charge < -0.3 is 14.7 Å². The molecule has 2 aromatic rings. The van der Waals surface area contributed by atoms with Gasteiger partial charge in [-0.05, 0) is 55.7 Å². The molecule has 0 radical (unpaired) electrons. The number of nitrogens with zero attached hydrogens (tertiary/aromatic N) is 1. The van der Waals surface area contributed by atoms with Crippen molar-refractivity contribution in [3.8, 4) is 16.9 Å². The van der Waals surface area contributed by atoms with Gasteiger partial charge in [-0.1, -0.05) is 17.7 Å². The predicted molar refractivity (Wildman–Crippen MR) is 105 cm³/mol. The minimum Gasteiger partial charge on any atom is -0.479 e. The molecule has 2 aromatic carbocycles. The third kappa shape index (κ3) is 4.70. The number of hydrogen-bond acceptors (Lipinski definition) is 3. The fourth-order valence-corrected chi connectivity index (χ4v) is 3.47. The number of benzene rings is 2. The summed E-state index contributed by atoms with van der Waals surface area (Å²) in [6, 6.07) is 7.63. The Kier molecular flexibility index (Phi) is 6.26. The van der Waals surface area contributed by atoms with Crippen molar-refractivity contribution in [2.24, 2.45) is 0 Å². The molecule has 1 heterocycles. The lowest BCUT2D eigenvalue weighted by molar-refractivity contribution is -0.144. The van der Waals surface area contributed by atoms with Gasteiger partial charge in [0.25, 0.3) is 5.91 Å². The number of carboxylic acid groups (broad SMARTS) is 1. The van der Waals surface area contributed by atoms with Crippen molar-refractivity contribution in [3.63, 3.8) is 0 Å². The summed E-state index contributed by atoms with van der Waals surface area (Å²) in [5, 5.41) is 9.31. The average Bonchev–Trinajstić information content (AvgIpc) is 3.22. The Bertz CT molecular complexity index is 971. The molecule has 1 aliphatic rings. The largest absolute Gasteiger partial charge is 0.479 e. The third-order valence-electron chi connectivity index (χ3n) is 4.85. The van der Waals surface area contributed by atoms with E-state index < -0.39 is 35.3 Å². The van der Waals surface area contributed by atoms with Gasteiger partial charge in [0.15, 0.2) is 6.10 Å². The summed E-state index contributed by atoms with van der Waals surface area (Å²) in [5.74, 6) is -1.81. The van der Waals surface area contributed by atoms with Crippen molar-refractivity contribution in [2.45, 2.75) is 32.0 Å². The van der Waals surface area contributed by atoms with E-state index in [0.717, 1.165) is 25.0 Å². The lowest BCUT2D eigenvalue weighted by Crippen LogP contribution is -2.29. The Balaban J connectivity index is 2.08. The molecule has 1 aliphatic heterocycles. The molecule has 160 valence electrons. The lowest BCUT2D eigenvalue weighted by atomic mass is 9.97. The van der Waals surface area contributed by atoms with Gasteiger partial charge in [0.2, 0.25) is 0 Å². The first-order chi connectivity index (χ1) is 14.1. The molecule has 30 heavy (non-hydrogen) atoms. The van der Waals surface area contributed by atoms with Crippen LogP contribution in [-0.4, -0.2) is 41.1 Å². The molecule has 1 saturated heterocycles. The van der Waals surface area contributed by atoms with Crippen LogP contribution < -0.4 is 4.74 Å². The Morgan fingerprint density at radius 2 is 1.80 bits per heavy atom. The normalized spacial score (nSPS) is 15.2. The second kappa shape index (κ2) is 8.55. The third-order valence-corrected chi connectivity index (χ3v) is 5.09. The number of rotatable bonds is 5. The minimum atomic E-state index is -4.76. The van der Waals surface area contributed by atoms with Gasteiger partial charge in [0, 0.05) is 23.7 Å². The van der Waals surface area contributed by atoms with Crippen LogP contribution in [0.5, 0.6) is 5.75 Å². The molecule has 1 unspecified atom stereocenters. The number of amides is 1. The molecule has 0 aliphatic carbocycles. The topological polar surface area (TPSA) is 66.8 Å². The highest BCUT2D eigenvalue weighted by Gasteiger charge is 2.37. The standard InChI is InChI=1S/C21H19ClF3NO4/c1-12(20(28)29)30-18-7-5-14(22)11-16(18)13-4-6-15(17(10-13)21(23,24)25)19(27)26-8-2-3-9-26/h4-7,10-12H,2-3,8-9H2,1H3,(H,28,29). The molecule has 1 N–H and O–H groups in total. The zero-order valence-electron chi connectivity index (χ0n) is 16.0. The van der Waals surface area contributed by atoms with E-state index in [4.69, 9.17) is 21.4 Å². The van der Waals surface area contributed by atoms with E-state index in [1.54, 1.807) is 0 Å². The molecule has 1 amide bonds. The van der Waals surface area contributed by atoms with Crippen LogP contribution >= 0.6 is 11.6 Å². The van der Waals surface area contributed by atoms with Crippen molar-refractivity contribution >= 4 is 23.5 Å². The van der Waals surface area contributed by atoms with Gasteiger partial charge in [0.05, 0.1) is 11.1 Å². The number of carbonyl (C=O) groups is 2. The van der Waals surface area contributed by atoms with Crippen LogP contribution in [0.2, 0.25) is 5.02 Å². The molecule has 1 fully saturated rings. The smallest absolute Gasteiger partial charge is 0.417 e. The highest BCUT2D eigenvalue weighted by Crippen LogP contribution is 2.39. The highest BCUT2D eigenvalue weighted by molar-refractivity contribution is 6.31. The molecule has 1 atom stereocenters. The summed E-state index contributed by atoms with van der Waals surface area (Å²) in [7, 11) is 0. The van der Waals surface area contributed by atoms with Crippen LogP contribution in [0.25, 0.3) is 11.1 Å². The van der Waals surface area contributed by atoms with Gasteiger partial charge >= 0.3 is 12.1 Å². The van der Waals surface area contributed by atoms with Crippen molar-refractivity contribution in [2.75, 3.05) is 13.1 Å². The summed E-state index contributed by atoms with van der Waals surface area (Å²) in [6.07, 6.45) is -4.45. The van der Waals surface area contributed by atoms with Gasteiger partial charge in [-0.3, -0.25) is 4.79 Å². The second-order valence-corrected chi connectivity index (χ2v) is 7.43. The summed E-state index contributed by atoms with van der Waals surface area (Å²) < 4.78 is 46.7. The van der Waals surface area contributed by atoms with Crippen molar-refractivity contribution in [1.29, 1.82) is 0 Å². The molecule has 0 bridgehead atoms. The van der Waals surface area contributed by atoms with Crippen molar-refractivity contribution in [3.05, 3.63) is 52.5 Å². The summed E-state index contributed by atoms with van der Waals surface area (Å²) in [6.45, 7) is 2.16. The maximum Gasteiger partial charge on any atom is 0.417 e. The molecule has 3 rings (SSSR count). The monoisotopic (exact) mass is 441 g/mol. The molecule has 9 heteroatoms. The van der Waals surface area contributed by atoms with Crippen LogP contribution in [0.1, 0.15) is 35.7 Å². The van der Waals surface area contributed by atoms with Gasteiger partial charge in [-0.15, -0.1) is 0 Å². The van der Waals surface area contributed by atoms with E-state index in [2.05, 4.69) is 0 Å². The van der Waals surface area contributed by atoms with Crippen molar-refractivity contribution < 1.29 is 32.6 Å². The van der Waals surface area contributed by atoms with Gasteiger partial charge in [0.1, 0.15) is 5.75 Å². The summed E-state index contributed by atoms with van der Waals surface area (Å²) >= 11 is 6.01. The zero-order valence-corrected chi connectivity index (χ0v) is 16.8. The fraction of sp³-hybridized carbons (Fsp3) is 0.333. The van der Waals surface area contributed by atoms with Crippen LogP contribution in [0.15, 0.2) is 36.4 Å². The first-order valence-corrected chi connectivity index (χ1v) is 9.65. The SMILES string of the molecule is CC(Oc1ccc(Cl)cc1-c1ccc(C(=O)N2CCCC2)c(C(F)(F)F)c1)C(=O)O. The number of ether oxygens (including phenoxy) is 1. The molecule has 5 nitrogen and oxygen atoms in total. The van der Waals surface area contributed by atoms with Crippen LogP contribution in [0, 0.1) is 0 Å².